The number of hydrogen-bond acceptors (Lipinski definition) is 4. The van der Waals surface area contributed by atoms with E-state index < -0.39 is 10.9 Å². The summed E-state index contributed by atoms with van der Waals surface area (Å²) in [7, 11) is 0. The monoisotopic (exact) mass is 433 g/mol. The Labute approximate surface area is 187 Å². The smallest absolute Gasteiger partial charge is 0.311 e. The van der Waals surface area contributed by atoms with Gasteiger partial charge in [-0.25, -0.2) is 0 Å². The van der Waals surface area contributed by atoms with Gasteiger partial charge in [0.2, 0.25) is 5.75 Å². The predicted octanol–water partition coefficient (Wildman–Crippen LogP) is 6.39. The fourth-order valence-corrected chi connectivity index (χ4v) is 4.48. The number of nitro groups is 1. The van der Waals surface area contributed by atoms with Crippen molar-refractivity contribution in [3.8, 4) is 16.9 Å². The predicted molar refractivity (Wildman–Crippen MR) is 124 cm³/mol. The molecule has 6 heteroatoms. The summed E-state index contributed by atoms with van der Waals surface area (Å²) in [6.45, 7) is 0.454. The van der Waals surface area contributed by atoms with Gasteiger partial charge in [0.15, 0.2) is 0 Å². The summed E-state index contributed by atoms with van der Waals surface area (Å²) in [5, 5.41) is 23.2. The van der Waals surface area contributed by atoms with E-state index in [1.54, 1.807) is 0 Å². The molecular formula is C26H27NO5. The van der Waals surface area contributed by atoms with Crippen molar-refractivity contribution < 1.29 is 19.6 Å². The van der Waals surface area contributed by atoms with Crippen LogP contribution >= 0.6 is 0 Å². The van der Waals surface area contributed by atoms with Gasteiger partial charge in [-0.3, -0.25) is 14.9 Å². The molecule has 166 valence electrons. The number of benzene rings is 3. The molecule has 1 fully saturated rings. The second-order valence-corrected chi connectivity index (χ2v) is 8.52. The molecule has 1 aliphatic rings. The van der Waals surface area contributed by atoms with Gasteiger partial charge in [-0.2, -0.15) is 0 Å². The van der Waals surface area contributed by atoms with Crippen molar-refractivity contribution in [3.63, 3.8) is 0 Å². The quantitative estimate of drug-likeness (QED) is 0.328. The first-order valence-corrected chi connectivity index (χ1v) is 11.2. The molecule has 0 saturated heterocycles. The van der Waals surface area contributed by atoms with Crippen LogP contribution in [0.4, 0.5) is 5.69 Å². The molecule has 32 heavy (non-hydrogen) atoms. The summed E-state index contributed by atoms with van der Waals surface area (Å²) < 4.78 is 6.16. The summed E-state index contributed by atoms with van der Waals surface area (Å²) in [4.78, 5) is 22.6. The first-order chi connectivity index (χ1) is 15.5. The van der Waals surface area contributed by atoms with Crippen molar-refractivity contribution in [1.82, 2.24) is 0 Å². The number of hydrogen-bond donors (Lipinski definition) is 1. The second-order valence-electron chi connectivity index (χ2n) is 8.52. The molecule has 4 rings (SSSR count). The Morgan fingerprint density at radius 3 is 2.50 bits per heavy atom. The summed E-state index contributed by atoms with van der Waals surface area (Å²) in [6, 6.07) is 17.2. The van der Waals surface area contributed by atoms with Gasteiger partial charge in [0.05, 0.1) is 11.5 Å². The summed E-state index contributed by atoms with van der Waals surface area (Å²) in [5.74, 6) is -0.257. The maximum Gasteiger partial charge on any atom is 0.311 e. The Bertz CT molecular complexity index is 1130. The SMILES string of the molecule is O=C(O)CCc1cc(-c2ccc3ccccc3c2)c(OCC2CCCCC2)c([N+](=O)[O-])c1. The van der Waals surface area contributed by atoms with E-state index in [0.717, 1.165) is 29.2 Å². The van der Waals surface area contributed by atoms with E-state index in [9.17, 15) is 14.9 Å². The third-order valence-corrected chi connectivity index (χ3v) is 6.20. The fourth-order valence-electron chi connectivity index (χ4n) is 4.48. The zero-order valence-electron chi connectivity index (χ0n) is 18.0. The van der Waals surface area contributed by atoms with Gasteiger partial charge in [0.1, 0.15) is 0 Å². The molecule has 0 aromatic heterocycles. The zero-order chi connectivity index (χ0) is 22.5. The first-order valence-electron chi connectivity index (χ1n) is 11.2. The van der Waals surface area contributed by atoms with Crippen LogP contribution in [0.1, 0.15) is 44.1 Å². The molecule has 0 aliphatic heterocycles. The van der Waals surface area contributed by atoms with Gasteiger partial charge in [-0.1, -0.05) is 55.7 Å². The number of carbonyl (C=O) groups is 1. The van der Waals surface area contributed by atoms with E-state index in [0.29, 0.717) is 23.7 Å². The van der Waals surface area contributed by atoms with E-state index in [1.807, 2.05) is 48.5 Å². The fraction of sp³-hybridized carbons (Fsp3) is 0.346. The molecule has 3 aromatic rings. The van der Waals surface area contributed by atoms with Crippen molar-refractivity contribution in [2.24, 2.45) is 5.92 Å². The van der Waals surface area contributed by atoms with Gasteiger partial charge in [0.25, 0.3) is 0 Å². The van der Waals surface area contributed by atoms with Crippen molar-refractivity contribution in [2.45, 2.75) is 44.9 Å². The van der Waals surface area contributed by atoms with E-state index in [2.05, 4.69) is 0 Å². The van der Waals surface area contributed by atoms with Crippen molar-refractivity contribution >= 4 is 22.4 Å². The second kappa shape index (κ2) is 9.81. The number of rotatable bonds is 8. The van der Waals surface area contributed by atoms with Crippen LogP contribution in [0.5, 0.6) is 5.75 Å². The molecule has 0 spiro atoms. The average molecular weight is 434 g/mol. The lowest BCUT2D eigenvalue weighted by Gasteiger charge is -2.22. The Kier molecular flexibility index (Phi) is 6.69. The van der Waals surface area contributed by atoms with Gasteiger partial charge in [0, 0.05) is 18.1 Å². The van der Waals surface area contributed by atoms with E-state index in [-0.39, 0.29) is 24.3 Å². The summed E-state index contributed by atoms with van der Waals surface area (Å²) in [6.07, 6.45) is 5.86. The number of nitro benzene ring substituents is 1. The largest absolute Gasteiger partial charge is 0.486 e. The lowest BCUT2D eigenvalue weighted by Crippen LogP contribution is -2.16. The lowest BCUT2D eigenvalue weighted by molar-refractivity contribution is -0.385. The van der Waals surface area contributed by atoms with Gasteiger partial charge >= 0.3 is 11.7 Å². The Morgan fingerprint density at radius 2 is 1.78 bits per heavy atom. The average Bonchev–Trinajstić information content (AvgIpc) is 2.81. The molecule has 0 bridgehead atoms. The number of carboxylic acid groups (broad SMARTS) is 1. The molecule has 3 aromatic carbocycles. The number of aryl methyl sites for hydroxylation is 1. The van der Waals surface area contributed by atoms with E-state index >= 15 is 0 Å². The molecule has 6 nitrogen and oxygen atoms in total. The number of fused-ring (bicyclic) bond motifs is 1. The highest BCUT2D eigenvalue weighted by molar-refractivity contribution is 5.89. The molecule has 0 heterocycles. The third kappa shape index (κ3) is 5.07. The lowest BCUT2D eigenvalue weighted by atomic mass is 9.90. The normalized spacial score (nSPS) is 14.4. The standard InChI is InChI=1S/C26H27NO5/c28-25(29)13-10-19-14-23(22-12-11-20-8-4-5-9-21(20)16-22)26(24(15-19)27(30)31)32-17-18-6-2-1-3-7-18/h4-5,8-9,11-12,14-16,18H,1-3,6-7,10,13,17H2,(H,28,29). The topological polar surface area (TPSA) is 89.7 Å². The van der Waals surface area contributed by atoms with Crippen LogP contribution in [-0.2, 0) is 11.2 Å². The summed E-state index contributed by atoms with van der Waals surface area (Å²) >= 11 is 0. The van der Waals surface area contributed by atoms with Crippen LogP contribution in [0.2, 0.25) is 0 Å². The molecule has 0 amide bonds. The minimum Gasteiger partial charge on any atom is -0.486 e. The minimum absolute atomic E-state index is 0.0867. The highest BCUT2D eigenvalue weighted by Crippen LogP contribution is 2.41. The third-order valence-electron chi connectivity index (χ3n) is 6.20. The van der Waals surface area contributed by atoms with E-state index in [1.165, 1.54) is 25.3 Å². The maximum atomic E-state index is 12.0. The van der Waals surface area contributed by atoms with Crippen LogP contribution in [0.15, 0.2) is 54.6 Å². The van der Waals surface area contributed by atoms with Gasteiger partial charge in [-0.15, -0.1) is 0 Å². The summed E-state index contributed by atoms with van der Waals surface area (Å²) in [5.41, 5.74) is 1.97. The van der Waals surface area contributed by atoms with Gasteiger partial charge in [-0.05, 0) is 59.2 Å². The van der Waals surface area contributed by atoms with E-state index in [4.69, 9.17) is 9.84 Å². The van der Waals surface area contributed by atoms with Gasteiger partial charge < -0.3 is 9.84 Å². The number of ether oxygens (including phenoxy) is 1. The Morgan fingerprint density at radius 1 is 1.03 bits per heavy atom. The zero-order valence-corrected chi connectivity index (χ0v) is 18.0. The number of carboxylic acids is 1. The van der Waals surface area contributed by atoms with Crippen LogP contribution in [0.3, 0.4) is 0 Å². The first kappa shape index (κ1) is 21.8. The minimum atomic E-state index is -0.933. The molecule has 0 radical (unpaired) electrons. The van der Waals surface area contributed by atoms with Crippen LogP contribution in [0.25, 0.3) is 21.9 Å². The van der Waals surface area contributed by atoms with Crippen molar-refractivity contribution in [3.05, 3.63) is 70.3 Å². The van der Waals surface area contributed by atoms with Crippen LogP contribution in [-0.4, -0.2) is 22.6 Å². The number of nitrogens with zero attached hydrogens (tertiary/aromatic N) is 1. The number of aliphatic carboxylic acids is 1. The molecule has 1 saturated carbocycles. The Hall–Kier alpha value is -3.41. The van der Waals surface area contributed by atoms with Crippen molar-refractivity contribution in [1.29, 1.82) is 0 Å². The van der Waals surface area contributed by atoms with Crippen LogP contribution in [0, 0.1) is 16.0 Å². The molecule has 0 atom stereocenters. The molecule has 0 unspecified atom stereocenters. The maximum absolute atomic E-state index is 12.0. The van der Waals surface area contributed by atoms with Crippen molar-refractivity contribution in [2.75, 3.05) is 6.61 Å². The highest BCUT2D eigenvalue weighted by atomic mass is 16.6. The molecular weight excluding hydrogens is 406 g/mol. The Balaban J connectivity index is 1.78. The highest BCUT2D eigenvalue weighted by Gasteiger charge is 2.24. The molecule has 1 N–H and O–H groups in total. The molecule has 1 aliphatic carbocycles. The van der Waals surface area contributed by atoms with Crippen LogP contribution < -0.4 is 4.74 Å².